The van der Waals surface area contributed by atoms with Crippen molar-refractivity contribution in [2.24, 2.45) is 7.05 Å². The topological polar surface area (TPSA) is 7.12 Å². The molecule has 5 rings (SSSR count). The predicted molar refractivity (Wildman–Crippen MR) is 131 cm³/mol. The second-order valence-electron chi connectivity index (χ2n) is 7.75. The van der Waals surface area contributed by atoms with Crippen LogP contribution in [0, 0.1) is 0 Å². The molecule has 1 aromatic heterocycles. The molecule has 33 heavy (non-hydrogen) atoms. The average molecular weight is 482 g/mol. The van der Waals surface area contributed by atoms with E-state index in [2.05, 4.69) is 45.9 Å². The molecule has 0 amide bonds. The summed E-state index contributed by atoms with van der Waals surface area (Å²) < 4.78 is 42.7. The molecule has 0 N–H and O–H groups in total. The van der Waals surface area contributed by atoms with Crippen molar-refractivity contribution in [1.29, 1.82) is 0 Å². The number of para-hydroxylation sites is 2. The van der Waals surface area contributed by atoms with Crippen LogP contribution in [0.3, 0.4) is 0 Å². The van der Waals surface area contributed by atoms with Crippen LogP contribution >= 0.6 is 23.1 Å². The van der Waals surface area contributed by atoms with Gasteiger partial charge in [0.05, 0.1) is 16.3 Å². The molecule has 1 aliphatic rings. The summed E-state index contributed by atoms with van der Waals surface area (Å²) in [6.45, 7) is 0. The summed E-state index contributed by atoms with van der Waals surface area (Å²) in [4.78, 5) is 3.27. The Kier molecular flexibility index (Phi) is 5.54. The van der Waals surface area contributed by atoms with Crippen molar-refractivity contribution in [3.63, 3.8) is 0 Å². The van der Waals surface area contributed by atoms with Crippen molar-refractivity contribution in [3.8, 4) is 0 Å². The second-order valence-corrected chi connectivity index (χ2v) is 9.88. The minimum absolute atomic E-state index is 0.648. The lowest BCUT2D eigenvalue weighted by Crippen LogP contribution is -2.28. The van der Waals surface area contributed by atoms with Crippen molar-refractivity contribution in [2.45, 2.75) is 11.1 Å². The molecule has 0 unspecified atom stereocenters. The van der Waals surface area contributed by atoms with Gasteiger partial charge >= 0.3 is 6.18 Å². The number of thioether (sulfide) groups is 1. The van der Waals surface area contributed by atoms with E-state index in [4.69, 9.17) is 0 Å². The SMILES string of the molecule is CN1/C(=C\C(=C\c2sc3ccccc3[n+]2C)c2ccc(C(F)(F)F)cc2)Sc2ccccc21. The van der Waals surface area contributed by atoms with Crippen LogP contribution in [0.25, 0.3) is 21.9 Å². The average Bonchev–Trinajstić information content (AvgIpc) is 3.29. The van der Waals surface area contributed by atoms with E-state index in [1.807, 2.05) is 38.4 Å². The van der Waals surface area contributed by atoms with Crippen molar-refractivity contribution in [2.75, 3.05) is 11.9 Å². The van der Waals surface area contributed by atoms with Gasteiger partial charge in [0.2, 0.25) is 5.52 Å². The highest BCUT2D eigenvalue weighted by atomic mass is 32.2. The molecule has 1 aliphatic heterocycles. The third-order valence-electron chi connectivity index (χ3n) is 5.65. The zero-order chi connectivity index (χ0) is 23.2. The molecular weight excluding hydrogens is 461 g/mol. The molecule has 0 fully saturated rings. The molecule has 3 aromatic carbocycles. The maximum atomic E-state index is 13.1. The number of thiazole rings is 1. The first-order valence-corrected chi connectivity index (χ1v) is 11.9. The highest BCUT2D eigenvalue weighted by Gasteiger charge is 2.30. The summed E-state index contributed by atoms with van der Waals surface area (Å²) in [7, 11) is 4.02. The Morgan fingerprint density at radius 1 is 0.939 bits per heavy atom. The van der Waals surface area contributed by atoms with E-state index in [-0.39, 0.29) is 0 Å². The van der Waals surface area contributed by atoms with Gasteiger partial charge in [0.15, 0.2) is 0 Å². The molecular formula is C26H20F3N2S2+. The summed E-state index contributed by atoms with van der Waals surface area (Å²) in [6.07, 6.45) is -0.253. The number of nitrogens with zero attached hydrogens (tertiary/aromatic N) is 2. The third-order valence-corrected chi connectivity index (χ3v) is 7.98. The fourth-order valence-corrected chi connectivity index (χ4v) is 6.02. The van der Waals surface area contributed by atoms with Crippen molar-refractivity contribution < 1.29 is 17.7 Å². The van der Waals surface area contributed by atoms with Gasteiger partial charge in [-0.25, -0.2) is 0 Å². The number of anilines is 1. The van der Waals surface area contributed by atoms with Crippen molar-refractivity contribution in [1.82, 2.24) is 0 Å². The number of aromatic nitrogens is 1. The molecule has 0 radical (unpaired) electrons. The molecule has 0 spiro atoms. The largest absolute Gasteiger partial charge is 0.416 e. The number of alkyl halides is 3. The first kappa shape index (κ1) is 21.8. The third kappa shape index (κ3) is 4.18. The van der Waals surface area contributed by atoms with E-state index in [0.29, 0.717) is 0 Å². The fraction of sp³-hybridized carbons (Fsp3) is 0.115. The van der Waals surface area contributed by atoms with Crippen LogP contribution in [0.2, 0.25) is 0 Å². The Bertz CT molecular complexity index is 1400. The number of fused-ring (bicyclic) bond motifs is 2. The molecule has 0 atom stereocenters. The van der Waals surface area contributed by atoms with Gasteiger partial charge in [0.25, 0.3) is 5.01 Å². The number of hydrogen-bond donors (Lipinski definition) is 0. The maximum absolute atomic E-state index is 13.1. The summed E-state index contributed by atoms with van der Waals surface area (Å²) in [5, 5.41) is 2.04. The fourth-order valence-electron chi connectivity index (χ4n) is 3.82. The number of aryl methyl sites for hydroxylation is 1. The first-order chi connectivity index (χ1) is 15.8. The minimum Gasteiger partial charge on any atom is -0.338 e. The Balaban J connectivity index is 1.62. The van der Waals surface area contributed by atoms with Gasteiger partial charge in [-0.2, -0.15) is 17.7 Å². The molecule has 2 heterocycles. The lowest BCUT2D eigenvalue weighted by Gasteiger charge is -2.14. The first-order valence-electron chi connectivity index (χ1n) is 10.3. The molecule has 4 aromatic rings. The van der Waals surface area contributed by atoms with Crippen molar-refractivity contribution in [3.05, 3.63) is 100 Å². The molecule has 166 valence electrons. The molecule has 0 bridgehead atoms. The number of benzene rings is 3. The van der Waals surface area contributed by atoms with E-state index in [1.54, 1.807) is 35.2 Å². The minimum atomic E-state index is -4.36. The van der Waals surface area contributed by atoms with Crippen LogP contribution in [0.15, 0.2) is 88.8 Å². The smallest absolute Gasteiger partial charge is 0.338 e. The number of halogens is 3. The second kappa shape index (κ2) is 8.39. The number of rotatable bonds is 3. The monoisotopic (exact) mass is 481 g/mol. The molecule has 7 heteroatoms. The van der Waals surface area contributed by atoms with Gasteiger partial charge < -0.3 is 4.90 Å². The zero-order valence-corrected chi connectivity index (χ0v) is 19.6. The molecule has 0 saturated heterocycles. The van der Waals surface area contributed by atoms with Gasteiger partial charge in [-0.15, -0.1) is 0 Å². The van der Waals surface area contributed by atoms with Crippen molar-refractivity contribution >= 4 is 50.7 Å². The Hall–Kier alpha value is -3.03. The predicted octanol–water partition coefficient (Wildman–Crippen LogP) is 7.37. The van der Waals surface area contributed by atoms with Crippen LogP contribution in [-0.4, -0.2) is 7.05 Å². The number of allylic oxidation sites excluding steroid dienone is 2. The van der Waals surface area contributed by atoms with Gasteiger partial charge in [-0.05, 0) is 47.5 Å². The summed E-state index contributed by atoms with van der Waals surface area (Å²) >= 11 is 3.31. The quantitative estimate of drug-likeness (QED) is 0.282. The Morgan fingerprint density at radius 3 is 2.33 bits per heavy atom. The molecule has 0 aliphatic carbocycles. The van der Waals surface area contributed by atoms with E-state index < -0.39 is 11.7 Å². The van der Waals surface area contributed by atoms with E-state index in [9.17, 15) is 13.2 Å². The highest BCUT2D eigenvalue weighted by Crippen LogP contribution is 2.46. The van der Waals surface area contributed by atoms with Crippen LogP contribution in [0.5, 0.6) is 0 Å². The van der Waals surface area contributed by atoms with Crippen LogP contribution in [0.1, 0.15) is 16.1 Å². The zero-order valence-electron chi connectivity index (χ0n) is 17.9. The highest BCUT2D eigenvalue weighted by molar-refractivity contribution is 8.03. The van der Waals surface area contributed by atoms with Gasteiger partial charge in [0.1, 0.15) is 11.7 Å². The normalized spacial score (nSPS) is 15.5. The molecule has 2 nitrogen and oxygen atoms in total. The Morgan fingerprint density at radius 2 is 1.64 bits per heavy atom. The lowest BCUT2D eigenvalue weighted by molar-refractivity contribution is -0.642. The van der Waals surface area contributed by atoms with E-state index >= 15 is 0 Å². The summed E-state index contributed by atoms with van der Waals surface area (Å²) in [5.74, 6) is 0. The van der Waals surface area contributed by atoms with Crippen LogP contribution < -0.4 is 9.47 Å². The summed E-state index contributed by atoms with van der Waals surface area (Å²) in [5.41, 5.74) is 3.18. The van der Waals surface area contributed by atoms with Crippen LogP contribution in [0.4, 0.5) is 18.9 Å². The maximum Gasteiger partial charge on any atom is 0.416 e. The van der Waals surface area contributed by atoms with Gasteiger partial charge in [0, 0.05) is 24.1 Å². The standard InChI is InChI=1S/C26H20F3N2S2/c1-30-20-7-3-5-9-22(20)32-24(30)15-18(17-11-13-19(14-12-17)26(27,28)29)16-25-31(2)21-8-4-6-10-23(21)33-25/h3-16H,1-2H3/q+1. The van der Waals surface area contributed by atoms with E-state index in [1.165, 1.54) is 0 Å². The van der Waals surface area contributed by atoms with Gasteiger partial charge in [-0.1, -0.05) is 59.5 Å². The van der Waals surface area contributed by atoms with E-state index in [0.717, 1.165) is 54.1 Å². The van der Waals surface area contributed by atoms with Crippen LogP contribution in [-0.2, 0) is 13.2 Å². The number of hydrogen-bond acceptors (Lipinski definition) is 3. The summed E-state index contributed by atoms with van der Waals surface area (Å²) in [6, 6.07) is 21.7. The Labute approximate surface area is 198 Å². The lowest BCUT2D eigenvalue weighted by atomic mass is 10.0. The van der Waals surface area contributed by atoms with Gasteiger partial charge in [-0.3, -0.25) is 0 Å². The molecule has 0 saturated carbocycles.